The summed E-state index contributed by atoms with van der Waals surface area (Å²) in [5.74, 6) is 0. The van der Waals surface area contributed by atoms with E-state index in [9.17, 15) is 10.1 Å². The van der Waals surface area contributed by atoms with Crippen LogP contribution in [0.3, 0.4) is 0 Å². The number of non-ortho nitro benzene ring substituents is 1. The van der Waals surface area contributed by atoms with Crippen molar-refractivity contribution >= 4 is 5.69 Å². The zero-order valence-electron chi connectivity index (χ0n) is 10.7. The first-order valence-electron chi connectivity index (χ1n) is 6.13. The second-order valence-electron chi connectivity index (χ2n) is 4.24. The number of nitrogens with one attached hydrogen (secondary N) is 1. The molecule has 0 spiro atoms. The Balaban J connectivity index is 2.00. The van der Waals surface area contributed by atoms with Crippen molar-refractivity contribution in [2.45, 2.75) is 20.0 Å². The number of hydrogen-bond acceptors (Lipinski definition) is 4. The molecular weight excluding hydrogens is 244 g/mol. The van der Waals surface area contributed by atoms with Crippen molar-refractivity contribution in [2.75, 3.05) is 6.54 Å². The predicted molar refractivity (Wildman–Crippen MR) is 71.8 cm³/mol. The van der Waals surface area contributed by atoms with Gasteiger partial charge in [-0.2, -0.15) is 0 Å². The SMILES string of the molecule is CCNCc1cn(Cc2ccc([N+](=O)[O-])cc2)cn1. The maximum Gasteiger partial charge on any atom is 0.269 e. The molecule has 0 aliphatic heterocycles. The number of benzene rings is 1. The van der Waals surface area contributed by atoms with Gasteiger partial charge in [0.1, 0.15) is 0 Å². The lowest BCUT2D eigenvalue weighted by Gasteiger charge is -2.02. The highest BCUT2D eigenvalue weighted by Gasteiger charge is 2.04. The van der Waals surface area contributed by atoms with Crippen molar-refractivity contribution in [3.63, 3.8) is 0 Å². The summed E-state index contributed by atoms with van der Waals surface area (Å²) < 4.78 is 1.97. The van der Waals surface area contributed by atoms with E-state index < -0.39 is 4.92 Å². The fourth-order valence-corrected chi connectivity index (χ4v) is 1.77. The van der Waals surface area contributed by atoms with E-state index in [0.717, 1.165) is 24.3 Å². The van der Waals surface area contributed by atoms with Gasteiger partial charge >= 0.3 is 0 Å². The maximum atomic E-state index is 10.6. The van der Waals surface area contributed by atoms with Gasteiger partial charge in [-0.25, -0.2) is 4.98 Å². The lowest BCUT2D eigenvalue weighted by Crippen LogP contribution is -2.11. The molecule has 2 rings (SSSR count). The highest BCUT2D eigenvalue weighted by Crippen LogP contribution is 2.13. The van der Waals surface area contributed by atoms with Gasteiger partial charge in [0.05, 0.1) is 16.9 Å². The second kappa shape index (κ2) is 6.10. The molecule has 6 heteroatoms. The molecule has 0 atom stereocenters. The van der Waals surface area contributed by atoms with Crippen LogP contribution < -0.4 is 5.32 Å². The molecule has 2 aromatic rings. The third kappa shape index (κ3) is 3.62. The van der Waals surface area contributed by atoms with E-state index in [1.165, 1.54) is 12.1 Å². The fourth-order valence-electron chi connectivity index (χ4n) is 1.77. The molecule has 1 aromatic heterocycles. The molecule has 6 nitrogen and oxygen atoms in total. The van der Waals surface area contributed by atoms with Crippen molar-refractivity contribution in [3.8, 4) is 0 Å². The molecule has 19 heavy (non-hydrogen) atoms. The molecule has 0 amide bonds. The molecule has 0 saturated carbocycles. The molecule has 1 aromatic carbocycles. The quantitative estimate of drug-likeness (QED) is 0.636. The van der Waals surface area contributed by atoms with E-state index in [1.807, 2.05) is 17.7 Å². The summed E-state index contributed by atoms with van der Waals surface area (Å²) in [6.45, 7) is 4.38. The highest BCUT2D eigenvalue weighted by molar-refractivity contribution is 5.32. The predicted octanol–water partition coefficient (Wildman–Crippen LogP) is 1.95. The van der Waals surface area contributed by atoms with E-state index in [4.69, 9.17) is 0 Å². The van der Waals surface area contributed by atoms with Crippen LogP contribution in [0, 0.1) is 10.1 Å². The number of nitrogens with zero attached hydrogens (tertiary/aromatic N) is 3. The van der Waals surface area contributed by atoms with E-state index >= 15 is 0 Å². The average Bonchev–Trinajstić information content (AvgIpc) is 2.84. The Morgan fingerprint density at radius 3 is 2.74 bits per heavy atom. The van der Waals surface area contributed by atoms with Crippen molar-refractivity contribution in [3.05, 3.63) is 58.2 Å². The monoisotopic (exact) mass is 260 g/mol. The Hall–Kier alpha value is -2.21. The Kier molecular flexibility index (Phi) is 4.25. The first-order chi connectivity index (χ1) is 9.19. The van der Waals surface area contributed by atoms with Crippen LogP contribution in [0.1, 0.15) is 18.2 Å². The van der Waals surface area contributed by atoms with E-state index in [0.29, 0.717) is 6.54 Å². The standard InChI is InChI=1S/C13H16N4O2/c1-2-14-7-12-9-16(10-15-12)8-11-3-5-13(6-4-11)17(18)19/h3-6,9-10,14H,2,7-8H2,1H3. The number of rotatable bonds is 6. The smallest absolute Gasteiger partial charge is 0.269 e. The zero-order chi connectivity index (χ0) is 13.7. The van der Waals surface area contributed by atoms with Crippen molar-refractivity contribution < 1.29 is 4.92 Å². The van der Waals surface area contributed by atoms with Gasteiger partial charge in [0.2, 0.25) is 0 Å². The average molecular weight is 260 g/mol. The van der Waals surface area contributed by atoms with Crippen LogP contribution in [0.15, 0.2) is 36.8 Å². The van der Waals surface area contributed by atoms with Gasteiger partial charge in [-0.05, 0) is 12.1 Å². The van der Waals surface area contributed by atoms with Gasteiger partial charge < -0.3 is 9.88 Å². The number of imidazole rings is 1. The zero-order valence-corrected chi connectivity index (χ0v) is 10.7. The molecule has 0 aliphatic rings. The first kappa shape index (κ1) is 13.2. The third-order valence-electron chi connectivity index (χ3n) is 2.76. The summed E-state index contributed by atoms with van der Waals surface area (Å²) in [5.41, 5.74) is 2.11. The molecule has 100 valence electrons. The van der Waals surface area contributed by atoms with Gasteiger partial charge in [0.15, 0.2) is 0 Å². The second-order valence-corrected chi connectivity index (χ2v) is 4.24. The summed E-state index contributed by atoms with van der Waals surface area (Å²) >= 11 is 0. The number of hydrogen-bond donors (Lipinski definition) is 1. The summed E-state index contributed by atoms with van der Waals surface area (Å²) in [6, 6.07) is 6.57. The molecule has 0 radical (unpaired) electrons. The highest BCUT2D eigenvalue weighted by atomic mass is 16.6. The Morgan fingerprint density at radius 2 is 2.11 bits per heavy atom. The summed E-state index contributed by atoms with van der Waals surface area (Å²) in [7, 11) is 0. The topological polar surface area (TPSA) is 73.0 Å². The van der Waals surface area contributed by atoms with Crippen LogP contribution in [-0.4, -0.2) is 21.0 Å². The summed E-state index contributed by atoms with van der Waals surface area (Å²) in [4.78, 5) is 14.5. The van der Waals surface area contributed by atoms with Crippen LogP contribution in [-0.2, 0) is 13.1 Å². The van der Waals surface area contributed by atoms with Crippen molar-refractivity contribution in [1.29, 1.82) is 0 Å². The van der Waals surface area contributed by atoms with Gasteiger partial charge in [-0.3, -0.25) is 10.1 Å². The Morgan fingerprint density at radius 1 is 1.37 bits per heavy atom. The van der Waals surface area contributed by atoms with Gasteiger partial charge in [0.25, 0.3) is 5.69 Å². The first-order valence-corrected chi connectivity index (χ1v) is 6.13. The van der Waals surface area contributed by atoms with E-state index in [1.54, 1.807) is 18.5 Å². The fraction of sp³-hybridized carbons (Fsp3) is 0.308. The van der Waals surface area contributed by atoms with Crippen LogP contribution >= 0.6 is 0 Å². The molecule has 1 heterocycles. The lowest BCUT2D eigenvalue weighted by atomic mass is 10.2. The number of nitro benzene ring substituents is 1. The minimum Gasteiger partial charge on any atom is -0.333 e. The number of aromatic nitrogens is 2. The molecule has 1 N–H and O–H groups in total. The van der Waals surface area contributed by atoms with Crippen LogP contribution in [0.2, 0.25) is 0 Å². The Labute approximate surface area is 111 Å². The molecule has 0 unspecified atom stereocenters. The molecule has 0 aliphatic carbocycles. The van der Waals surface area contributed by atoms with Gasteiger partial charge in [-0.1, -0.05) is 19.1 Å². The largest absolute Gasteiger partial charge is 0.333 e. The van der Waals surface area contributed by atoms with Gasteiger partial charge in [-0.15, -0.1) is 0 Å². The van der Waals surface area contributed by atoms with Crippen molar-refractivity contribution in [2.24, 2.45) is 0 Å². The molecule has 0 bridgehead atoms. The van der Waals surface area contributed by atoms with E-state index in [-0.39, 0.29) is 5.69 Å². The lowest BCUT2D eigenvalue weighted by molar-refractivity contribution is -0.384. The van der Waals surface area contributed by atoms with E-state index in [2.05, 4.69) is 10.3 Å². The van der Waals surface area contributed by atoms with Crippen LogP contribution in [0.5, 0.6) is 0 Å². The van der Waals surface area contributed by atoms with Crippen LogP contribution in [0.4, 0.5) is 5.69 Å². The third-order valence-corrected chi connectivity index (χ3v) is 2.76. The Bertz CT molecular complexity index is 548. The minimum absolute atomic E-state index is 0.113. The molecular formula is C13H16N4O2. The minimum atomic E-state index is -0.393. The number of nitro groups is 1. The van der Waals surface area contributed by atoms with Gasteiger partial charge in [0, 0.05) is 31.4 Å². The van der Waals surface area contributed by atoms with Crippen LogP contribution in [0.25, 0.3) is 0 Å². The normalized spacial score (nSPS) is 10.6. The molecule has 0 saturated heterocycles. The maximum absolute atomic E-state index is 10.6. The summed E-state index contributed by atoms with van der Waals surface area (Å²) in [6.07, 6.45) is 3.75. The van der Waals surface area contributed by atoms with Crippen molar-refractivity contribution in [1.82, 2.24) is 14.9 Å². The molecule has 0 fully saturated rings. The summed E-state index contributed by atoms with van der Waals surface area (Å²) in [5, 5.41) is 13.8.